The first-order chi connectivity index (χ1) is 8.67. The minimum Gasteiger partial charge on any atom is -0.465 e. The van der Waals surface area contributed by atoms with Gasteiger partial charge in [0.15, 0.2) is 0 Å². The molecule has 0 bridgehead atoms. The summed E-state index contributed by atoms with van der Waals surface area (Å²) in [4.78, 5) is 21.5. The quantitative estimate of drug-likeness (QED) is 0.492. The zero-order chi connectivity index (χ0) is 13.1. The Bertz CT molecular complexity index is 647. The molecule has 0 aliphatic rings. The van der Waals surface area contributed by atoms with Crippen molar-refractivity contribution in [2.24, 2.45) is 4.99 Å². The normalized spacial score (nSPS) is 11.0. The molecule has 0 saturated heterocycles. The summed E-state index contributed by atoms with van der Waals surface area (Å²) < 4.78 is 4.75. The minimum absolute atomic E-state index is 0.410. The van der Waals surface area contributed by atoms with Gasteiger partial charge >= 0.3 is 5.97 Å². The van der Waals surface area contributed by atoms with Gasteiger partial charge in [-0.3, -0.25) is 4.99 Å². The van der Waals surface area contributed by atoms with Gasteiger partial charge in [-0.15, -0.1) is 11.3 Å². The average molecular weight is 278 g/mol. The number of aromatic nitrogens is 1. The van der Waals surface area contributed by atoms with Crippen LogP contribution in [0.1, 0.15) is 15.4 Å². The lowest BCUT2D eigenvalue weighted by Crippen LogP contribution is -1.97. The standard InChI is InChI=1S/C12H10N2O2S2/c1-7-3-4-8-9(13-5-6-17)10(12(15)16-2)18-11(8)14-7/h3-6H,1-2H3. The predicted molar refractivity (Wildman–Crippen MR) is 77.5 cm³/mol. The summed E-state index contributed by atoms with van der Waals surface area (Å²) in [5.41, 5.74) is 1.46. The number of thiophene rings is 1. The lowest BCUT2D eigenvalue weighted by molar-refractivity contribution is 0.0607. The molecule has 0 aromatic carbocycles. The first-order valence-corrected chi connectivity index (χ1v) is 6.42. The summed E-state index contributed by atoms with van der Waals surface area (Å²) in [5, 5.41) is 2.23. The summed E-state index contributed by atoms with van der Waals surface area (Å²) in [6, 6.07) is 3.78. The van der Waals surface area contributed by atoms with Crippen molar-refractivity contribution in [2.75, 3.05) is 7.11 Å². The molecular weight excluding hydrogens is 268 g/mol. The van der Waals surface area contributed by atoms with E-state index < -0.39 is 5.97 Å². The number of aryl methyl sites for hydroxylation is 1. The lowest BCUT2D eigenvalue weighted by Gasteiger charge is -1.96. The highest BCUT2D eigenvalue weighted by Crippen LogP contribution is 2.37. The van der Waals surface area contributed by atoms with Crippen LogP contribution in [0.5, 0.6) is 0 Å². The van der Waals surface area contributed by atoms with Crippen LogP contribution >= 0.6 is 23.6 Å². The second-order valence-corrected chi connectivity index (χ2v) is 4.76. The molecule has 6 heteroatoms. The van der Waals surface area contributed by atoms with Crippen molar-refractivity contribution in [2.45, 2.75) is 6.92 Å². The molecule has 0 aliphatic heterocycles. The van der Waals surface area contributed by atoms with Gasteiger partial charge in [0.25, 0.3) is 0 Å². The Balaban J connectivity index is 2.71. The van der Waals surface area contributed by atoms with E-state index in [1.54, 1.807) is 0 Å². The maximum absolute atomic E-state index is 11.7. The van der Waals surface area contributed by atoms with Crippen LogP contribution in [0.3, 0.4) is 0 Å². The van der Waals surface area contributed by atoms with Crippen molar-refractivity contribution in [3.63, 3.8) is 0 Å². The smallest absolute Gasteiger partial charge is 0.350 e. The van der Waals surface area contributed by atoms with Crippen LogP contribution in [0.4, 0.5) is 5.69 Å². The van der Waals surface area contributed by atoms with E-state index >= 15 is 0 Å². The van der Waals surface area contributed by atoms with Crippen LogP contribution in [0.25, 0.3) is 10.2 Å². The zero-order valence-corrected chi connectivity index (χ0v) is 11.5. The zero-order valence-electron chi connectivity index (χ0n) is 9.84. The maximum atomic E-state index is 11.7. The second-order valence-electron chi connectivity index (χ2n) is 3.49. The van der Waals surface area contributed by atoms with Gasteiger partial charge in [-0.05, 0) is 19.1 Å². The highest BCUT2D eigenvalue weighted by molar-refractivity contribution is 7.80. The molecule has 2 rings (SSSR count). The Morgan fingerprint density at radius 1 is 1.56 bits per heavy atom. The van der Waals surface area contributed by atoms with Gasteiger partial charge in [0, 0.05) is 22.7 Å². The fraction of sp³-hybridized carbons (Fsp3) is 0.167. The number of rotatable bonds is 3. The molecule has 92 valence electrons. The van der Waals surface area contributed by atoms with Gasteiger partial charge < -0.3 is 4.74 Å². The Kier molecular flexibility index (Phi) is 3.78. The van der Waals surface area contributed by atoms with Crippen LogP contribution in [0.15, 0.2) is 17.1 Å². The van der Waals surface area contributed by atoms with E-state index in [0.717, 1.165) is 15.9 Å². The van der Waals surface area contributed by atoms with E-state index in [1.165, 1.54) is 30.0 Å². The van der Waals surface area contributed by atoms with E-state index in [1.807, 2.05) is 19.1 Å². The molecule has 0 unspecified atom stereocenters. The van der Waals surface area contributed by atoms with Gasteiger partial charge in [-0.1, -0.05) is 12.2 Å². The number of carbonyl (C=O) groups is 1. The Morgan fingerprint density at radius 3 is 3.00 bits per heavy atom. The SMILES string of the molecule is COC(=O)c1sc2nc(C)ccc2c1N=CC=S. The fourth-order valence-corrected chi connectivity index (χ4v) is 2.67. The highest BCUT2D eigenvalue weighted by atomic mass is 32.1. The molecule has 0 spiro atoms. The van der Waals surface area contributed by atoms with E-state index in [-0.39, 0.29) is 0 Å². The van der Waals surface area contributed by atoms with Crippen LogP contribution in [0, 0.1) is 6.92 Å². The predicted octanol–water partition coefficient (Wildman–Crippen LogP) is 3.09. The number of hydrogen-bond donors (Lipinski definition) is 0. The number of nitrogens with zero attached hydrogens (tertiary/aromatic N) is 2. The molecule has 0 atom stereocenters. The van der Waals surface area contributed by atoms with Crippen molar-refractivity contribution in [3.8, 4) is 0 Å². The van der Waals surface area contributed by atoms with Crippen molar-refractivity contribution in [1.29, 1.82) is 0 Å². The number of aliphatic imine (C=N–C) groups is 1. The third-order valence-corrected chi connectivity index (χ3v) is 3.49. The largest absolute Gasteiger partial charge is 0.465 e. The summed E-state index contributed by atoms with van der Waals surface area (Å²) in [6.45, 7) is 1.90. The van der Waals surface area contributed by atoms with Crippen LogP contribution < -0.4 is 0 Å². The molecule has 0 saturated carbocycles. The summed E-state index contributed by atoms with van der Waals surface area (Å²) >= 11 is 5.98. The number of hydrogen-bond acceptors (Lipinski definition) is 6. The molecule has 0 fully saturated rings. The number of methoxy groups -OCH3 is 1. The highest BCUT2D eigenvalue weighted by Gasteiger charge is 2.19. The number of fused-ring (bicyclic) bond motifs is 1. The average Bonchev–Trinajstić information content (AvgIpc) is 2.73. The van der Waals surface area contributed by atoms with Crippen molar-refractivity contribution in [1.82, 2.24) is 4.98 Å². The number of thiocarbonyl (C=S) groups is 1. The third kappa shape index (κ3) is 2.30. The van der Waals surface area contributed by atoms with Crippen LogP contribution in [-0.4, -0.2) is 29.6 Å². The van der Waals surface area contributed by atoms with E-state index in [2.05, 4.69) is 9.98 Å². The molecule has 2 aromatic heterocycles. The summed E-state index contributed by atoms with van der Waals surface area (Å²) in [5.74, 6) is -0.410. The minimum atomic E-state index is -0.410. The number of carbonyl (C=O) groups excluding carboxylic acids is 1. The maximum Gasteiger partial charge on any atom is 0.350 e. The lowest BCUT2D eigenvalue weighted by atomic mass is 10.2. The summed E-state index contributed by atoms with van der Waals surface area (Å²) in [7, 11) is 1.35. The summed E-state index contributed by atoms with van der Waals surface area (Å²) in [6.07, 6.45) is 1.48. The van der Waals surface area contributed by atoms with Gasteiger partial charge in [0.05, 0.1) is 12.8 Å². The monoisotopic (exact) mass is 278 g/mol. The van der Waals surface area contributed by atoms with Gasteiger partial charge in [-0.25, -0.2) is 9.78 Å². The van der Waals surface area contributed by atoms with Crippen molar-refractivity contribution < 1.29 is 9.53 Å². The van der Waals surface area contributed by atoms with Crippen molar-refractivity contribution in [3.05, 3.63) is 22.7 Å². The Labute approximate surface area is 113 Å². The third-order valence-electron chi connectivity index (χ3n) is 2.30. The molecular formula is C12H10N2O2S2. The van der Waals surface area contributed by atoms with E-state index in [4.69, 9.17) is 17.0 Å². The van der Waals surface area contributed by atoms with Crippen molar-refractivity contribution >= 4 is 57.0 Å². The van der Waals surface area contributed by atoms with Crippen LogP contribution in [0.2, 0.25) is 0 Å². The molecule has 0 amide bonds. The van der Waals surface area contributed by atoms with Gasteiger partial charge in [-0.2, -0.15) is 0 Å². The molecule has 4 nitrogen and oxygen atoms in total. The number of ether oxygens (including phenoxy) is 1. The molecule has 2 heterocycles. The van der Waals surface area contributed by atoms with E-state index in [9.17, 15) is 4.79 Å². The van der Waals surface area contributed by atoms with Gasteiger partial charge in [0.2, 0.25) is 0 Å². The Hall–Kier alpha value is -1.66. The molecule has 0 N–H and O–H groups in total. The number of pyridine rings is 1. The first kappa shape index (κ1) is 12.8. The van der Waals surface area contributed by atoms with E-state index in [0.29, 0.717) is 10.6 Å². The second kappa shape index (κ2) is 5.32. The molecule has 0 aliphatic carbocycles. The topological polar surface area (TPSA) is 51.5 Å². The molecule has 18 heavy (non-hydrogen) atoms. The Morgan fingerprint density at radius 2 is 2.33 bits per heavy atom. The van der Waals surface area contributed by atoms with Crippen LogP contribution in [-0.2, 0) is 4.74 Å². The van der Waals surface area contributed by atoms with Gasteiger partial charge in [0.1, 0.15) is 9.71 Å². The molecule has 0 radical (unpaired) electrons. The number of esters is 1. The first-order valence-electron chi connectivity index (χ1n) is 5.13. The molecule has 2 aromatic rings. The fourth-order valence-electron chi connectivity index (χ4n) is 1.52.